The number of fused-ring (bicyclic) bond motifs is 1. The van der Waals surface area contributed by atoms with E-state index in [0.717, 1.165) is 31.8 Å². The van der Waals surface area contributed by atoms with Gasteiger partial charge in [0.1, 0.15) is 6.61 Å². The normalized spacial score (nSPS) is 41.7. The fraction of sp³-hybridized carbons (Fsp3) is 0.636. The first kappa shape index (κ1) is 16.0. The number of cyclic esters (lactones) is 1. The summed E-state index contributed by atoms with van der Waals surface area (Å²) in [6.07, 6.45) is 3.80. The number of ether oxygens (including phenoxy) is 1. The van der Waals surface area contributed by atoms with E-state index in [9.17, 15) is 9.59 Å². The molecule has 2 heterocycles. The maximum absolute atomic E-state index is 12.9. The van der Waals surface area contributed by atoms with E-state index in [1.54, 1.807) is 0 Å². The Bertz CT molecular complexity index is 824. The molecule has 2 amide bonds. The molecule has 5 nitrogen and oxygen atoms in total. The molecule has 0 radical (unpaired) electrons. The quantitative estimate of drug-likeness (QED) is 0.895. The van der Waals surface area contributed by atoms with Gasteiger partial charge in [-0.15, -0.1) is 0 Å². The molecule has 0 bridgehead atoms. The Morgan fingerprint density at radius 3 is 2.44 bits per heavy atom. The average molecular weight is 366 g/mol. The van der Waals surface area contributed by atoms with Crippen LogP contribution in [0.4, 0.5) is 4.79 Å². The zero-order valence-electron chi connectivity index (χ0n) is 15.7. The zero-order valence-corrected chi connectivity index (χ0v) is 15.7. The Labute approximate surface area is 159 Å². The fourth-order valence-corrected chi connectivity index (χ4v) is 6.11. The van der Waals surface area contributed by atoms with E-state index in [2.05, 4.69) is 41.4 Å². The Hall–Kier alpha value is -2.04. The van der Waals surface area contributed by atoms with Gasteiger partial charge < -0.3 is 15.0 Å². The number of piperidine rings is 1. The lowest BCUT2D eigenvalue weighted by Gasteiger charge is -2.43. The number of benzene rings is 1. The van der Waals surface area contributed by atoms with Crippen molar-refractivity contribution in [2.24, 2.45) is 17.3 Å². The summed E-state index contributed by atoms with van der Waals surface area (Å²) in [7, 11) is 0. The number of carbonyl (C=O) groups excluding carboxylic acids is 2. The molecule has 1 aromatic rings. The van der Waals surface area contributed by atoms with Gasteiger partial charge in [0.25, 0.3) is 0 Å². The van der Waals surface area contributed by atoms with Gasteiger partial charge in [0.2, 0.25) is 5.91 Å². The van der Waals surface area contributed by atoms with E-state index in [1.165, 1.54) is 24.0 Å². The number of nitrogens with one attached hydrogen (secondary N) is 1. The number of rotatable bonds is 3. The van der Waals surface area contributed by atoms with E-state index in [-0.39, 0.29) is 28.9 Å². The number of hydrogen-bond acceptors (Lipinski definition) is 3. The second kappa shape index (κ2) is 5.06. The van der Waals surface area contributed by atoms with Crippen LogP contribution in [-0.4, -0.2) is 42.1 Å². The maximum Gasteiger partial charge on any atom is 0.407 e. The Morgan fingerprint density at radius 1 is 1.19 bits per heavy atom. The smallest absolute Gasteiger partial charge is 0.407 e. The van der Waals surface area contributed by atoms with Gasteiger partial charge in [0, 0.05) is 19.0 Å². The van der Waals surface area contributed by atoms with E-state index < -0.39 is 0 Å². The third-order valence-electron chi connectivity index (χ3n) is 7.93. The summed E-state index contributed by atoms with van der Waals surface area (Å²) in [6.45, 7) is 4.52. The van der Waals surface area contributed by atoms with Crippen LogP contribution in [0.1, 0.15) is 55.6 Å². The molecular formula is C22H26N2O3. The minimum absolute atomic E-state index is 0.0457. The molecule has 5 heteroatoms. The lowest BCUT2D eigenvalue weighted by atomic mass is 9.68. The standard InChI is InChI=1S/C22H26N2O3/c1-21-11-24(19(25)16-8-22(9-16)12-27-20(26)23-22)10-17(21)18(21)15-6-4-14(5-7-15)13-2-3-13/h4-7,13,16-18H,2-3,8-12H2,1H3,(H,23,26)/t16?,17-,18-,21-,22?/m0/s1. The van der Waals surface area contributed by atoms with Crippen LogP contribution >= 0.6 is 0 Å². The van der Waals surface area contributed by atoms with Crippen LogP contribution < -0.4 is 5.32 Å². The molecule has 2 saturated heterocycles. The number of hydrogen-bond donors (Lipinski definition) is 1. The van der Waals surface area contributed by atoms with Crippen molar-refractivity contribution in [2.75, 3.05) is 19.7 Å². The van der Waals surface area contributed by atoms with Gasteiger partial charge in [0.05, 0.1) is 5.54 Å². The molecule has 5 aliphatic rings. The van der Waals surface area contributed by atoms with E-state index in [1.807, 2.05) is 0 Å². The molecule has 2 aliphatic heterocycles. The van der Waals surface area contributed by atoms with Crippen LogP contribution in [0.25, 0.3) is 0 Å². The summed E-state index contributed by atoms with van der Waals surface area (Å²) in [5.74, 6) is 2.33. The van der Waals surface area contributed by atoms with Gasteiger partial charge in [0.15, 0.2) is 0 Å². The van der Waals surface area contributed by atoms with Crippen LogP contribution in [0.5, 0.6) is 0 Å². The van der Waals surface area contributed by atoms with Crippen molar-refractivity contribution in [2.45, 2.75) is 50.0 Å². The van der Waals surface area contributed by atoms with Crippen molar-refractivity contribution in [1.82, 2.24) is 10.2 Å². The summed E-state index contributed by atoms with van der Waals surface area (Å²) in [5.41, 5.74) is 2.92. The first-order chi connectivity index (χ1) is 13.0. The number of likely N-dealkylation sites (tertiary alicyclic amines) is 1. The van der Waals surface area contributed by atoms with Gasteiger partial charge in [-0.05, 0) is 60.0 Å². The molecular weight excluding hydrogens is 340 g/mol. The topological polar surface area (TPSA) is 58.6 Å². The SMILES string of the molecule is C[C@]12CN(C(=O)C3CC4(COC(=O)N4)C3)C[C@H]1[C@@H]2c1ccc(C2CC2)cc1. The Kier molecular flexibility index (Phi) is 2.99. The van der Waals surface area contributed by atoms with Crippen LogP contribution in [0.3, 0.4) is 0 Å². The summed E-state index contributed by atoms with van der Waals surface area (Å²) >= 11 is 0. The zero-order chi connectivity index (χ0) is 18.4. The molecule has 6 rings (SSSR count). The van der Waals surface area contributed by atoms with Gasteiger partial charge in [-0.1, -0.05) is 31.2 Å². The minimum atomic E-state index is -0.341. The molecule has 142 valence electrons. The summed E-state index contributed by atoms with van der Waals surface area (Å²) in [4.78, 5) is 26.3. The van der Waals surface area contributed by atoms with Crippen molar-refractivity contribution in [3.05, 3.63) is 35.4 Å². The highest BCUT2D eigenvalue weighted by Gasteiger charge is 2.67. The van der Waals surface area contributed by atoms with Crippen molar-refractivity contribution in [1.29, 1.82) is 0 Å². The largest absolute Gasteiger partial charge is 0.447 e. The van der Waals surface area contributed by atoms with Gasteiger partial charge >= 0.3 is 6.09 Å². The first-order valence-corrected chi connectivity index (χ1v) is 10.3. The molecule has 5 fully saturated rings. The minimum Gasteiger partial charge on any atom is -0.447 e. The maximum atomic E-state index is 12.9. The molecule has 0 unspecified atom stereocenters. The van der Waals surface area contributed by atoms with Crippen molar-refractivity contribution in [3.8, 4) is 0 Å². The molecule has 3 atom stereocenters. The highest BCUT2D eigenvalue weighted by atomic mass is 16.6. The predicted molar refractivity (Wildman–Crippen MR) is 99.3 cm³/mol. The number of amides is 2. The molecule has 1 aromatic carbocycles. The van der Waals surface area contributed by atoms with E-state index in [0.29, 0.717) is 18.4 Å². The Morgan fingerprint density at radius 2 is 1.89 bits per heavy atom. The van der Waals surface area contributed by atoms with Crippen molar-refractivity contribution >= 4 is 12.0 Å². The highest BCUT2D eigenvalue weighted by molar-refractivity contribution is 5.82. The monoisotopic (exact) mass is 366 g/mol. The molecule has 3 saturated carbocycles. The second-order valence-electron chi connectivity index (χ2n) is 9.84. The third-order valence-corrected chi connectivity index (χ3v) is 7.93. The van der Waals surface area contributed by atoms with Crippen molar-refractivity contribution in [3.63, 3.8) is 0 Å². The summed E-state index contributed by atoms with van der Waals surface area (Å²) in [6, 6.07) is 9.29. The van der Waals surface area contributed by atoms with Crippen LogP contribution in [0.15, 0.2) is 24.3 Å². The highest BCUT2D eigenvalue weighted by Crippen LogP contribution is 2.68. The second-order valence-corrected chi connectivity index (χ2v) is 9.84. The Balaban J connectivity index is 1.08. The molecule has 1 spiro atoms. The fourth-order valence-electron chi connectivity index (χ4n) is 6.11. The molecule has 1 N–H and O–H groups in total. The van der Waals surface area contributed by atoms with Crippen LogP contribution in [-0.2, 0) is 9.53 Å². The average Bonchev–Trinajstić information content (AvgIpc) is 3.48. The molecule has 0 aromatic heterocycles. The predicted octanol–water partition coefficient (Wildman–Crippen LogP) is 3.01. The molecule has 27 heavy (non-hydrogen) atoms. The lowest BCUT2D eigenvalue weighted by Crippen LogP contribution is -2.58. The van der Waals surface area contributed by atoms with E-state index >= 15 is 0 Å². The molecule has 3 aliphatic carbocycles. The van der Waals surface area contributed by atoms with Gasteiger partial charge in [-0.3, -0.25) is 4.79 Å². The summed E-state index contributed by atoms with van der Waals surface area (Å²) < 4.78 is 5.02. The van der Waals surface area contributed by atoms with Gasteiger partial charge in [-0.2, -0.15) is 0 Å². The first-order valence-electron chi connectivity index (χ1n) is 10.3. The lowest BCUT2D eigenvalue weighted by molar-refractivity contribution is -0.140. The van der Waals surface area contributed by atoms with Crippen LogP contribution in [0, 0.1) is 17.3 Å². The van der Waals surface area contributed by atoms with Crippen molar-refractivity contribution < 1.29 is 14.3 Å². The summed E-state index contributed by atoms with van der Waals surface area (Å²) in [5, 5.41) is 2.88. The number of carbonyl (C=O) groups is 2. The van der Waals surface area contributed by atoms with Crippen LogP contribution in [0.2, 0.25) is 0 Å². The number of alkyl carbamates (subject to hydrolysis) is 1. The number of nitrogens with zero attached hydrogens (tertiary/aromatic N) is 1. The van der Waals surface area contributed by atoms with Gasteiger partial charge in [-0.25, -0.2) is 4.79 Å². The third kappa shape index (κ3) is 2.29. The van der Waals surface area contributed by atoms with E-state index in [4.69, 9.17) is 4.74 Å².